The first-order valence-corrected chi connectivity index (χ1v) is 7.98. The van der Waals surface area contributed by atoms with Crippen molar-refractivity contribution in [1.82, 2.24) is 18.9 Å². The van der Waals surface area contributed by atoms with E-state index in [4.69, 9.17) is 0 Å². The standard InChI is InChI=1S/C16H20N6O2/c1-19-14(13(10-17)15(23)20(2)16(19)24)22-9-4-3-6-12(22)11-21-8-5-7-18-21/h5,7-8,12H,3-4,6,9,11H2,1-2H3/t12-/m0/s1. The van der Waals surface area contributed by atoms with Crippen molar-refractivity contribution < 1.29 is 0 Å². The van der Waals surface area contributed by atoms with E-state index in [0.29, 0.717) is 18.9 Å². The maximum atomic E-state index is 12.3. The zero-order chi connectivity index (χ0) is 17.3. The number of nitriles is 1. The number of hydrogen-bond donors (Lipinski definition) is 0. The van der Waals surface area contributed by atoms with Crippen LogP contribution in [0.3, 0.4) is 0 Å². The summed E-state index contributed by atoms with van der Waals surface area (Å²) in [5, 5.41) is 13.7. The Labute approximate surface area is 139 Å². The topological polar surface area (TPSA) is 88.8 Å². The number of aromatic nitrogens is 4. The van der Waals surface area contributed by atoms with Crippen molar-refractivity contribution in [3.63, 3.8) is 0 Å². The molecule has 2 aromatic rings. The van der Waals surface area contributed by atoms with Crippen molar-refractivity contribution in [3.8, 4) is 6.07 Å². The summed E-state index contributed by atoms with van der Waals surface area (Å²) in [6, 6.07) is 3.94. The van der Waals surface area contributed by atoms with Crippen LogP contribution in [-0.2, 0) is 20.6 Å². The number of piperidine rings is 1. The minimum Gasteiger partial charge on any atom is -0.352 e. The molecule has 8 nitrogen and oxygen atoms in total. The van der Waals surface area contributed by atoms with Gasteiger partial charge in [-0.1, -0.05) is 0 Å². The summed E-state index contributed by atoms with van der Waals surface area (Å²) in [5.74, 6) is 0.419. The fourth-order valence-electron chi connectivity index (χ4n) is 3.36. The lowest BCUT2D eigenvalue weighted by Crippen LogP contribution is -2.48. The normalized spacial score (nSPS) is 17.7. The average molecular weight is 328 g/mol. The highest BCUT2D eigenvalue weighted by Crippen LogP contribution is 2.26. The van der Waals surface area contributed by atoms with Crippen LogP contribution in [0.15, 0.2) is 28.0 Å². The number of hydrogen-bond acceptors (Lipinski definition) is 5. The lowest BCUT2D eigenvalue weighted by molar-refractivity contribution is 0.391. The van der Waals surface area contributed by atoms with Gasteiger partial charge in [0.15, 0.2) is 5.56 Å². The first-order valence-electron chi connectivity index (χ1n) is 7.98. The second-order valence-electron chi connectivity index (χ2n) is 6.09. The van der Waals surface area contributed by atoms with E-state index in [2.05, 4.69) is 5.10 Å². The van der Waals surface area contributed by atoms with Gasteiger partial charge < -0.3 is 4.90 Å². The molecule has 3 heterocycles. The Morgan fingerprint density at radius 3 is 2.75 bits per heavy atom. The zero-order valence-electron chi connectivity index (χ0n) is 13.8. The van der Waals surface area contributed by atoms with Gasteiger partial charge in [-0.05, 0) is 25.3 Å². The van der Waals surface area contributed by atoms with E-state index < -0.39 is 11.2 Å². The summed E-state index contributed by atoms with van der Waals surface area (Å²) in [7, 11) is 3.00. The second kappa shape index (κ2) is 6.35. The van der Waals surface area contributed by atoms with Crippen LogP contribution < -0.4 is 16.1 Å². The maximum Gasteiger partial charge on any atom is 0.332 e. The van der Waals surface area contributed by atoms with Crippen LogP contribution in [0, 0.1) is 11.3 Å². The lowest BCUT2D eigenvalue weighted by Gasteiger charge is -2.38. The fraction of sp³-hybridized carbons (Fsp3) is 0.500. The Bertz CT molecular complexity index is 887. The molecule has 1 aliphatic rings. The first-order chi connectivity index (χ1) is 11.5. The largest absolute Gasteiger partial charge is 0.352 e. The van der Waals surface area contributed by atoms with E-state index in [1.807, 2.05) is 27.9 Å². The van der Waals surface area contributed by atoms with Crippen molar-refractivity contribution in [2.75, 3.05) is 11.4 Å². The van der Waals surface area contributed by atoms with E-state index in [1.165, 1.54) is 11.6 Å². The van der Waals surface area contributed by atoms with Crippen LogP contribution in [0.5, 0.6) is 0 Å². The van der Waals surface area contributed by atoms with Crippen molar-refractivity contribution in [2.24, 2.45) is 14.1 Å². The Kier molecular flexibility index (Phi) is 4.25. The van der Waals surface area contributed by atoms with Gasteiger partial charge >= 0.3 is 5.69 Å². The predicted molar refractivity (Wildman–Crippen MR) is 88.9 cm³/mol. The minimum atomic E-state index is -0.543. The molecule has 0 bridgehead atoms. The van der Waals surface area contributed by atoms with Gasteiger partial charge in [0.25, 0.3) is 5.56 Å². The third-order valence-electron chi connectivity index (χ3n) is 4.60. The smallest absolute Gasteiger partial charge is 0.332 e. The highest BCUT2D eigenvalue weighted by atomic mass is 16.2. The van der Waals surface area contributed by atoms with Gasteiger partial charge in [-0.2, -0.15) is 10.4 Å². The summed E-state index contributed by atoms with van der Waals surface area (Å²) in [6.07, 6.45) is 6.57. The van der Waals surface area contributed by atoms with Crippen molar-refractivity contribution >= 4 is 5.82 Å². The molecule has 126 valence electrons. The molecule has 0 spiro atoms. The lowest BCUT2D eigenvalue weighted by atomic mass is 10.0. The molecule has 0 amide bonds. The van der Waals surface area contributed by atoms with Crippen LogP contribution in [-0.4, -0.2) is 31.5 Å². The third kappa shape index (κ3) is 2.62. The summed E-state index contributed by atoms with van der Waals surface area (Å²) in [4.78, 5) is 26.7. The van der Waals surface area contributed by atoms with Crippen molar-refractivity contribution in [3.05, 3.63) is 44.9 Å². The van der Waals surface area contributed by atoms with E-state index in [0.717, 1.165) is 23.8 Å². The molecule has 3 rings (SSSR count). The van der Waals surface area contributed by atoms with Crippen molar-refractivity contribution in [1.29, 1.82) is 5.26 Å². The van der Waals surface area contributed by atoms with E-state index >= 15 is 0 Å². The average Bonchev–Trinajstić information content (AvgIpc) is 3.10. The van der Waals surface area contributed by atoms with Crippen molar-refractivity contribution in [2.45, 2.75) is 31.8 Å². The van der Waals surface area contributed by atoms with E-state index in [1.54, 1.807) is 13.2 Å². The first kappa shape index (κ1) is 16.1. The molecule has 24 heavy (non-hydrogen) atoms. The summed E-state index contributed by atoms with van der Waals surface area (Å²) < 4.78 is 4.23. The van der Waals surface area contributed by atoms with Gasteiger partial charge in [-0.3, -0.25) is 18.6 Å². The van der Waals surface area contributed by atoms with Gasteiger partial charge in [-0.15, -0.1) is 0 Å². The molecule has 0 radical (unpaired) electrons. The van der Waals surface area contributed by atoms with Crippen LogP contribution in [0.4, 0.5) is 5.82 Å². The Hall–Kier alpha value is -2.82. The molecule has 1 fully saturated rings. The minimum absolute atomic E-state index is 0.0203. The highest BCUT2D eigenvalue weighted by Gasteiger charge is 2.29. The van der Waals surface area contributed by atoms with Crippen LogP contribution in [0.1, 0.15) is 24.8 Å². The van der Waals surface area contributed by atoms with Crippen LogP contribution >= 0.6 is 0 Å². The second-order valence-corrected chi connectivity index (χ2v) is 6.09. The fourth-order valence-corrected chi connectivity index (χ4v) is 3.36. The molecular formula is C16H20N6O2. The summed E-state index contributed by atoms with van der Waals surface area (Å²) in [5.41, 5.74) is -0.941. The van der Waals surface area contributed by atoms with E-state index in [9.17, 15) is 14.9 Å². The molecule has 0 aromatic carbocycles. The number of nitrogens with zero attached hydrogens (tertiary/aromatic N) is 6. The monoisotopic (exact) mass is 328 g/mol. The SMILES string of the molecule is Cn1c(N2CCCC[C@H]2Cn2cccn2)c(C#N)c(=O)n(C)c1=O. The quantitative estimate of drug-likeness (QED) is 0.804. The van der Waals surface area contributed by atoms with Gasteiger partial charge in [0.1, 0.15) is 11.9 Å². The van der Waals surface area contributed by atoms with Gasteiger partial charge in [-0.25, -0.2) is 4.79 Å². The molecule has 0 unspecified atom stereocenters. The molecule has 1 aliphatic heterocycles. The van der Waals surface area contributed by atoms with Crippen LogP contribution in [0.2, 0.25) is 0 Å². The Morgan fingerprint density at radius 2 is 2.08 bits per heavy atom. The summed E-state index contributed by atoms with van der Waals surface area (Å²) in [6.45, 7) is 1.36. The Morgan fingerprint density at radius 1 is 1.29 bits per heavy atom. The van der Waals surface area contributed by atoms with Gasteiger partial charge in [0.05, 0.1) is 6.54 Å². The maximum absolute atomic E-state index is 12.3. The Balaban J connectivity index is 2.10. The molecule has 8 heteroatoms. The zero-order valence-corrected chi connectivity index (χ0v) is 13.8. The molecule has 0 N–H and O–H groups in total. The number of rotatable bonds is 3. The van der Waals surface area contributed by atoms with Gasteiger partial charge in [0, 0.05) is 39.1 Å². The molecule has 0 saturated carbocycles. The number of anilines is 1. The third-order valence-corrected chi connectivity index (χ3v) is 4.60. The molecule has 2 aromatic heterocycles. The molecular weight excluding hydrogens is 308 g/mol. The van der Waals surface area contributed by atoms with Crippen LogP contribution in [0.25, 0.3) is 0 Å². The summed E-state index contributed by atoms with van der Waals surface area (Å²) >= 11 is 0. The predicted octanol–water partition coefficient (Wildman–Crippen LogP) is 0.211. The van der Waals surface area contributed by atoms with E-state index in [-0.39, 0.29) is 11.6 Å². The molecule has 1 saturated heterocycles. The molecule has 0 aliphatic carbocycles. The van der Waals surface area contributed by atoms with Gasteiger partial charge in [0.2, 0.25) is 0 Å². The highest BCUT2D eigenvalue weighted by molar-refractivity contribution is 5.54. The molecule has 1 atom stereocenters.